The molecule has 3 aromatic rings. The summed E-state index contributed by atoms with van der Waals surface area (Å²) in [5.41, 5.74) is 0.908. The summed E-state index contributed by atoms with van der Waals surface area (Å²) in [7, 11) is 0. The summed E-state index contributed by atoms with van der Waals surface area (Å²) in [5, 5.41) is 16.3. The van der Waals surface area contributed by atoms with Crippen LogP contribution in [-0.2, 0) is 9.59 Å². The summed E-state index contributed by atoms with van der Waals surface area (Å²) >= 11 is 0. The molecule has 3 aromatic carbocycles. The van der Waals surface area contributed by atoms with E-state index in [4.69, 9.17) is 0 Å². The van der Waals surface area contributed by atoms with Crippen LogP contribution >= 0.6 is 0 Å². The minimum Gasteiger partial charge on any atom is -0.322 e. The lowest BCUT2D eigenvalue weighted by Gasteiger charge is -2.07. The Balaban J connectivity index is 1.71. The third-order valence-electron chi connectivity index (χ3n) is 4.31. The van der Waals surface area contributed by atoms with Crippen LogP contribution in [0.25, 0.3) is 12.2 Å². The Morgan fingerprint density at radius 2 is 1.24 bits per heavy atom. The molecule has 0 aliphatic carbocycles. The van der Waals surface area contributed by atoms with E-state index in [0.717, 1.165) is 12.1 Å². The summed E-state index contributed by atoms with van der Waals surface area (Å²) in [6.07, 6.45) is 5.27. The van der Waals surface area contributed by atoms with Gasteiger partial charge in [-0.15, -0.1) is 0 Å². The normalized spacial score (nSPS) is 11.0. The average molecular weight is 449 g/mol. The fourth-order valence-corrected chi connectivity index (χ4v) is 2.72. The number of nitro groups is 1. The van der Waals surface area contributed by atoms with Crippen LogP contribution in [-0.4, -0.2) is 16.7 Å². The van der Waals surface area contributed by atoms with Crippen LogP contribution in [0.1, 0.15) is 11.1 Å². The number of carbonyl (C=O) groups excluding carboxylic acids is 2. The highest BCUT2D eigenvalue weighted by molar-refractivity contribution is 6.05. The lowest BCUT2D eigenvalue weighted by atomic mass is 10.2. The number of hydrogen-bond acceptors (Lipinski definition) is 4. The van der Waals surface area contributed by atoms with E-state index < -0.39 is 28.4 Å². The molecule has 0 radical (unpaired) electrons. The highest BCUT2D eigenvalue weighted by Gasteiger charge is 2.16. The minimum atomic E-state index is -0.667. The van der Waals surface area contributed by atoms with Crippen molar-refractivity contribution in [1.29, 1.82) is 0 Å². The lowest BCUT2D eigenvalue weighted by molar-refractivity contribution is -0.383. The van der Waals surface area contributed by atoms with Gasteiger partial charge in [0.05, 0.1) is 4.92 Å². The molecule has 2 amide bonds. The quantitative estimate of drug-likeness (QED) is 0.295. The molecule has 0 bridgehead atoms. The van der Waals surface area contributed by atoms with Crippen LogP contribution in [0.3, 0.4) is 0 Å². The summed E-state index contributed by atoms with van der Waals surface area (Å²) in [5.74, 6) is -1.99. The third kappa shape index (κ3) is 6.93. The molecule has 0 aliphatic heterocycles. The van der Waals surface area contributed by atoms with E-state index >= 15 is 0 Å². The van der Waals surface area contributed by atoms with E-state index in [1.165, 1.54) is 78.9 Å². The summed E-state index contributed by atoms with van der Waals surface area (Å²) < 4.78 is 25.9. The summed E-state index contributed by atoms with van der Waals surface area (Å²) in [4.78, 5) is 35.0. The highest BCUT2D eigenvalue weighted by Crippen LogP contribution is 2.28. The second-order valence-electron chi connectivity index (χ2n) is 6.74. The van der Waals surface area contributed by atoms with Crippen LogP contribution in [0, 0.1) is 21.7 Å². The number of nitro benzene ring substituents is 1. The fraction of sp³-hybridized carbons (Fsp3) is 0. The Hall–Kier alpha value is -4.66. The van der Waals surface area contributed by atoms with Crippen molar-refractivity contribution in [3.63, 3.8) is 0 Å². The molecule has 0 fully saturated rings. The fourth-order valence-electron chi connectivity index (χ4n) is 2.72. The summed E-state index contributed by atoms with van der Waals surface area (Å²) in [6, 6.07) is 14.7. The molecule has 0 unspecified atom stereocenters. The smallest absolute Gasteiger partial charge is 0.292 e. The van der Waals surface area contributed by atoms with Crippen molar-refractivity contribution in [2.45, 2.75) is 0 Å². The predicted octanol–water partition coefficient (Wildman–Crippen LogP) is 5.18. The molecular weight excluding hydrogens is 432 g/mol. The number of anilines is 2. The molecule has 2 N–H and O–H groups in total. The van der Waals surface area contributed by atoms with Crippen molar-refractivity contribution >= 4 is 41.0 Å². The van der Waals surface area contributed by atoms with Gasteiger partial charge in [0.1, 0.15) is 17.3 Å². The SMILES string of the molecule is O=C(/C=C/c1ccc(F)cc1)Nc1ccc([N+](=O)[O-])c(NC(=O)/C=C/c2ccc(F)cc2)c1. The van der Waals surface area contributed by atoms with Gasteiger partial charge in [0.25, 0.3) is 5.69 Å². The van der Waals surface area contributed by atoms with Crippen molar-refractivity contribution in [3.8, 4) is 0 Å². The number of nitrogens with zero attached hydrogens (tertiary/aromatic N) is 1. The van der Waals surface area contributed by atoms with E-state index in [9.17, 15) is 28.5 Å². The molecule has 0 saturated carbocycles. The van der Waals surface area contributed by atoms with Crippen molar-refractivity contribution in [1.82, 2.24) is 0 Å². The zero-order chi connectivity index (χ0) is 23.8. The monoisotopic (exact) mass is 449 g/mol. The first-order valence-corrected chi connectivity index (χ1v) is 9.58. The molecule has 33 heavy (non-hydrogen) atoms. The maximum atomic E-state index is 13.0. The number of amides is 2. The Labute approximate surface area is 187 Å². The number of nitrogens with one attached hydrogen (secondary N) is 2. The van der Waals surface area contributed by atoms with Gasteiger partial charge in [0.2, 0.25) is 11.8 Å². The van der Waals surface area contributed by atoms with Gasteiger partial charge in [-0.2, -0.15) is 0 Å². The molecule has 3 rings (SSSR count). The second kappa shape index (κ2) is 10.6. The van der Waals surface area contributed by atoms with Crippen LogP contribution < -0.4 is 10.6 Å². The highest BCUT2D eigenvalue weighted by atomic mass is 19.1. The van der Waals surface area contributed by atoms with E-state index in [-0.39, 0.29) is 17.1 Å². The molecule has 0 saturated heterocycles. The van der Waals surface area contributed by atoms with Crippen molar-refractivity contribution < 1.29 is 23.3 Å². The third-order valence-corrected chi connectivity index (χ3v) is 4.31. The standard InChI is InChI=1S/C24H17F2N3O4/c25-18-7-1-16(2-8-18)5-13-23(30)27-20-11-12-22(29(32)33)21(15-20)28-24(31)14-6-17-3-9-19(26)10-4-17/h1-15H,(H,27,30)(H,28,31)/b13-5+,14-6+. The van der Waals surface area contributed by atoms with Gasteiger partial charge < -0.3 is 10.6 Å². The molecule has 0 aromatic heterocycles. The zero-order valence-electron chi connectivity index (χ0n) is 17.0. The van der Waals surface area contributed by atoms with E-state index in [2.05, 4.69) is 10.6 Å². The average Bonchev–Trinajstić information content (AvgIpc) is 2.78. The Morgan fingerprint density at radius 3 is 1.73 bits per heavy atom. The van der Waals surface area contributed by atoms with Gasteiger partial charge in [0, 0.05) is 23.9 Å². The predicted molar refractivity (Wildman–Crippen MR) is 121 cm³/mol. The van der Waals surface area contributed by atoms with Gasteiger partial charge >= 0.3 is 0 Å². The number of carbonyl (C=O) groups is 2. The van der Waals surface area contributed by atoms with Crippen LogP contribution in [0.5, 0.6) is 0 Å². The zero-order valence-corrected chi connectivity index (χ0v) is 17.0. The second-order valence-corrected chi connectivity index (χ2v) is 6.74. The van der Waals surface area contributed by atoms with Gasteiger partial charge in [-0.05, 0) is 59.7 Å². The first-order valence-electron chi connectivity index (χ1n) is 9.58. The molecule has 0 heterocycles. The largest absolute Gasteiger partial charge is 0.322 e. The maximum absolute atomic E-state index is 13.0. The molecule has 0 atom stereocenters. The summed E-state index contributed by atoms with van der Waals surface area (Å²) in [6.45, 7) is 0. The van der Waals surface area contributed by atoms with E-state index in [1.807, 2.05) is 0 Å². The van der Waals surface area contributed by atoms with Gasteiger partial charge in [-0.25, -0.2) is 8.78 Å². The molecule has 0 spiro atoms. The van der Waals surface area contributed by atoms with Crippen molar-refractivity contribution in [2.24, 2.45) is 0 Å². The van der Waals surface area contributed by atoms with Crippen molar-refractivity contribution in [2.75, 3.05) is 10.6 Å². The molecular formula is C24H17F2N3O4. The molecule has 9 heteroatoms. The topological polar surface area (TPSA) is 101 Å². The Morgan fingerprint density at radius 1 is 0.758 bits per heavy atom. The Kier molecular flexibility index (Phi) is 7.38. The first-order chi connectivity index (χ1) is 15.8. The van der Waals surface area contributed by atoms with Crippen molar-refractivity contribution in [3.05, 3.63) is 112 Å². The Bertz CT molecular complexity index is 1240. The van der Waals surface area contributed by atoms with Gasteiger partial charge in [-0.1, -0.05) is 24.3 Å². The molecule has 7 nitrogen and oxygen atoms in total. The van der Waals surface area contributed by atoms with Crippen LogP contribution in [0.4, 0.5) is 25.8 Å². The molecule has 166 valence electrons. The number of halogens is 2. The van der Waals surface area contributed by atoms with Crippen LogP contribution in [0.15, 0.2) is 78.9 Å². The van der Waals surface area contributed by atoms with E-state index in [1.54, 1.807) is 0 Å². The first kappa shape index (κ1) is 23.0. The van der Waals surface area contributed by atoms with E-state index in [0.29, 0.717) is 11.1 Å². The van der Waals surface area contributed by atoms with Gasteiger partial charge in [0.15, 0.2) is 0 Å². The molecule has 0 aliphatic rings. The van der Waals surface area contributed by atoms with Crippen LogP contribution in [0.2, 0.25) is 0 Å². The maximum Gasteiger partial charge on any atom is 0.292 e. The van der Waals surface area contributed by atoms with Gasteiger partial charge in [-0.3, -0.25) is 19.7 Å². The minimum absolute atomic E-state index is 0.117. The number of rotatable bonds is 7. The number of hydrogen-bond donors (Lipinski definition) is 2. The number of benzene rings is 3. The lowest BCUT2D eigenvalue weighted by Crippen LogP contribution is -2.12.